The van der Waals surface area contributed by atoms with Crippen LogP contribution >= 0.6 is 0 Å². The summed E-state index contributed by atoms with van der Waals surface area (Å²) >= 11 is 0. The zero-order valence-corrected chi connectivity index (χ0v) is 13.2. The molecule has 0 radical (unpaired) electrons. The molecule has 2 aromatic rings. The molecule has 23 heavy (non-hydrogen) atoms. The number of nitrogens with zero attached hydrogens (tertiary/aromatic N) is 2. The van der Waals surface area contributed by atoms with Gasteiger partial charge in [0.05, 0.1) is 6.54 Å². The zero-order chi connectivity index (χ0) is 16.2. The highest BCUT2D eigenvalue weighted by Gasteiger charge is 2.16. The van der Waals surface area contributed by atoms with E-state index in [-0.39, 0.29) is 19.2 Å². The lowest BCUT2D eigenvalue weighted by Gasteiger charge is -2.19. The third kappa shape index (κ3) is 3.81. The standard InChI is InChI=1S/C16H19N3O4/c1-3-19(9-16(20)17-15-6-11(2)23-18-15)8-12-4-5-13-14(7-12)22-10-21-13/h4-7H,3,8-10H2,1-2H3,(H,17,18,20). The van der Waals surface area contributed by atoms with Crippen molar-refractivity contribution in [1.82, 2.24) is 10.1 Å². The van der Waals surface area contributed by atoms with Gasteiger partial charge in [0.25, 0.3) is 0 Å². The first-order valence-corrected chi connectivity index (χ1v) is 7.48. The molecule has 1 amide bonds. The lowest BCUT2D eigenvalue weighted by atomic mass is 10.2. The van der Waals surface area contributed by atoms with Crippen molar-refractivity contribution < 1.29 is 18.8 Å². The van der Waals surface area contributed by atoms with Crippen LogP contribution in [0.5, 0.6) is 11.5 Å². The van der Waals surface area contributed by atoms with Crippen LogP contribution in [0.25, 0.3) is 0 Å². The second kappa shape index (κ2) is 6.70. The van der Waals surface area contributed by atoms with Crippen molar-refractivity contribution in [2.45, 2.75) is 20.4 Å². The van der Waals surface area contributed by atoms with Gasteiger partial charge in [-0.15, -0.1) is 0 Å². The molecule has 0 fully saturated rings. The summed E-state index contributed by atoms with van der Waals surface area (Å²) in [5.41, 5.74) is 1.07. The van der Waals surface area contributed by atoms with Gasteiger partial charge >= 0.3 is 0 Å². The number of aromatic nitrogens is 1. The molecule has 7 heteroatoms. The summed E-state index contributed by atoms with van der Waals surface area (Å²) in [6.07, 6.45) is 0. The molecule has 2 heterocycles. The number of nitrogens with one attached hydrogen (secondary N) is 1. The Morgan fingerprint density at radius 2 is 2.13 bits per heavy atom. The van der Waals surface area contributed by atoms with Crippen LogP contribution in [-0.2, 0) is 11.3 Å². The van der Waals surface area contributed by atoms with Crippen LogP contribution in [0.4, 0.5) is 5.82 Å². The second-order valence-electron chi connectivity index (χ2n) is 5.36. The molecule has 1 aromatic carbocycles. The Labute approximate surface area is 134 Å². The van der Waals surface area contributed by atoms with Crippen molar-refractivity contribution in [3.63, 3.8) is 0 Å². The summed E-state index contributed by atoms with van der Waals surface area (Å²) in [5.74, 6) is 2.48. The van der Waals surface area contributed by atoms with Gasteiger partial charge in [0.2, 0.25) is 12.7 Å². The highest BCUT2D eigenvalue weighted by atomic mass is 16.7. The van der Waals surface area contributed by atoms with Gasteiger partial charge in [0.15, 0.2) is 17.3 Å². The van der Waals surface area contributed by atoms with Gasteiger partial charge in [0.1, 0.15) is 5.76 Å². The highest BCUT2D eigenvalue weighted by molar-refractivity contribution is 5.91. The molecule has 122 valence electrons. The Kier molecular flexibility index (Phi) is 4.47. The van der Waals surface area contributed by atoms with Crippen LogP contribution < -0.4 is 14.8 Å². The number of aryl methyl sites for hydroxylation is 1. The van der Waals surface area contributed by atoms with Crippen LogP contribution in [0.1, 0.15) is 18.2 Å². The van der Waals surface area contributed by atoms with Crippen LogP contribution in [-0.4, -0.2) is 35.8 Å². The summed E-state index contributed by atoms with van der Waals surface area (Å²) in [6, 6.07) is 7.51. The van der Waals surface area contributed by atoms with E-state index in [1.807, 2.05) is 30.0 Å². The fourth-order valence-electron chi connectivity index (χ4n) is 2.39. The Hall–Kier alpha value is -2.54. The fourth-order valence-corrected chi connectivity index (χ4v) is 2.39. The molecule has 0 unspecified atom stereocenters. The van der Waals surface area contributed by atoms with Gasteiger partial charge in [-0.2, -0.15) is 0 Å². The first-order valence-electron chi connectivity index (χ1n) is 7.48. The monoisotopic (exact) mass is 317 g/mol. The third-order valence-corrected chi connectivity index (χ3v) is 3.55. The first kappa shape index (κ1) is 15.4. The summed E-state index contributed by atoms with van der Waals surface area (Å²) in [6.45, 7) is 5.73. The average Bonchev–Trinajstić information content (AvgIpc) is 3.14. The lowest BCUT2D eigenvalue weighted by Crippen LogP contribution is -2.32. The molecule has 7 nitrogen and oxygen atoms in total. The summed E-state index contributed by atoms with van der Waals surface area (Å²) in [5, 5.41) is 6.48. The number of rotatable bonds is 6. The number of likely N-dealkylation sites (N-methyl/N-ethyl adjacent to an activating group) is 1. The van der Waals surface area contributed by atoms with E-state index < -0.39 is 0 Å². The Morgan fingerprint density at radius 3 is 2.87 bits per heavy atom. The summed E-state index contributed by atoms with van der Waals surface area (Å²) in [4.78, 5) is 14.1. The normalized spacial score (nSPS) is 12.7. The number of carbonyl (C=O) groups excluding carboxylic acids is 1. The van der Waals surface area contributed by atoms with Crippen LogP contribution in [0.3, 0.4) is 0 Å². The number of ether oxygens (including phenoxy) is 2. The molecule has 0 spiro atoms. The minimum Gasteiger partial charge on any atom is -0.454 e. The van der Waals surface area contributed by atoms with E-state index in [1.165, 1.54) is 0 Å². The van der Waals surface area contributed by atoms with Gasteiger partial charge in [-0.25, -0.2) is 0 Å². The topological polar surface area (TPSA) is 76.8 Å². The van der Waals surface area contributed by atoms with Crippen molar-refractivity contribution in [3.05, 3.63) is 35.6 Å². The predicted octanol–water partition coefficient (Wildman–Crippen LogP) is 2.17. The number of hydrogen-bond donors (Lipinski definition) is 1. The maximum absolute atomic E-state index is 12.1. The number of benzene rings is 1. The van der Waals surface area contributed by atoms with Crippen molar-refractivity contribution in [1.29, 1.82) is 0 Å². The summed E-state index contributed by atoms with van der Waals surface area (Å²) < 4.78 is 15.6. The van der Waals surface area contributed by atoms with E-state index in [2.05, 4.69) is 10.5 Å². The molecule has 1 aromatic heterocycles. The van der Waals surface area contributed by atoms with Crippen LogP contribution in [0, 0.1) is 6.92 Å². The van der Waals surface area contributed by atoms with Crippen LogP contribution in [0.2, 0.25) is 0 Å². The average molecular weight is 317 g/mol. The Balaban J connectivity index is 1.58. The van der Waals surface area contributed by atoms with Gasteiger partial charge in [-0.3, -0.25) is 9.69 Å². The predicted molar refractivity (Wildman–Crippen MR) is 83.4 cm³/mol. The number of hydrogen-bond acceptors (Lipinski definition) is 6. The van der Waals surface area contributed by atoms with E-state index >= 15 is 0 Å². The van der Waals surface area contributed by atoms with Crippen molar-refractivity contribution in [3.8, 4) is 11.5 Å². The number of fused-ring (bicyclic) bond motifs is 1. The van der Waals surface area contributed by atoms with E-state index in [0.717, 1.165) is 23.6 Å². The SMILES string of the molecule is CCN(CC(=O)Nc1cc(C)on1)Cc1ccc2c(c1)OCO2. The van der Waals surface area contributed by atoms with Gasteiger partial charge < -0.3 is 19.3 Å². The molecule has 1 N–H and O–H groups in total. The number of carbonyl (C=O) groups is 1. The summed E-state index contributed by atoms with van der Waals surface area (Å²) in [7, 11) is 0. The molecule has 0 saturated heterocycles. The first-order chi connectivity index (χ1) is 11.1. The lowest BCUT2D eigenvalue weighted by molar-refractivity contribution is -0.117. The second-order valence-corrected chi connectivity index (χ2v) is 5.36. The Bertz CT molecular complexity index is 698. The molecular weight excluding hydrogens is 298 g/mol. The number of amides is 1. The van der Waals surface area contributed by atoms with E-state index in [4.69, 9.17) is 14.0 Å². The van der Waals surface area contributed by atoms with Gasteiger partial charge in [0, 0.05) is 12.6 Å². The zero-order valence-electron chi connectivity index (χ0n) is 13.2. The van der Waals surface area contributed by atoms with Gasteiger partial charge in [-0.1, -0.05) is 18.1 Å². The van der Waals surface area contributed by atoms with E-state index in [0.29, 0.717) is 18.1 Å². The minimum absolute atomic E-state index is 0.124. The van der Waals surface area contributed by atoms with Gasteiger partial charge in [-0.05, 0) is 31.2 Å². The molecule has 1 aliphatic heterocycles. The van der Waals surface area contributed by atoms with Crippen molar-refractivity contribution in [2.24, 2.45) is 0 Å². The maximum Gasteiger partial charge on any atom is 0.239 e. The molecule has 0 aliphatic carbocycles. The maximum atomic E-state index is 12.1. The molecule has 1 aliphatic rings. The third-order valence-electron chi connectivity index (χ3n) is 3.55. The molecule has 0 saturated carbocycles. The molecule has 0 bridgehead atoms. The van der Waals surface area contributed by atoms with Crippen molar-refractivity contribution in [2.75, 3.05) is 25.2 Å². The Morgan fingerprint density at radius 1 is 1.30 bits per heavy atom. The fraction of sp³-hybridized carbons (Fsp3) is 0.375. The van der Waals surface area contributed by atoms with Crippen LogP contribution in [0.15, 0.2) is 28.8 Å². The highest BCUT2D eigenvalue weighted by Crippen LogP contribution is 2.32. The smallest absolute Gasteiger partial charge is 0.239 e. The largest absolute Gasteiger partial charge is 0.454 e. The minimum atomic E-state index is -0.124. The molecular formula is C16H19N3O4. The van der Waals surface area contributed by atoms with Crippen molar-refractivity contribution >= 4 is 11.7 Å². The molecule has 0 atom stereocenters. The van der Waals surface area contributed by atoms with E-state index in [1.54, 1.807) is 13.0 Å². The quantitative estimate of drug-likeness (QED) is 0.880. The van der Waals surface area contributed by atoms with E-state index in [9.17, 15) is 4.79 Å². The molecule has 3 rings (SSSR count). The number of anilines is 1.